The molecule has 7 aliphatic heterocycles. The largest absolute Gasteiger partial charge is 0.507 e. The lowest BCUT2D eigenvalue weighted by Gasteiger charge is -2.46. The molecule has 1 aromatic heterocycles. The Labute approximate surface area is 295 Å². The van der Waals surface area contributed by atoms with E-state index in [1.807, 2.05) is 30.3 Å². The number of phenolic OH excluding ortho intramolecular Hbond substituents is 1. The number of phenols is 1. The third-order valence-electron chi connectivity index (χ3n) is 13.4. The predicted octanol–water partition coefficient (Wildman–Crippen LogP) is 1.59. The van der Waals surface area contributed by atoms with Crippen LogP contribution in [0.3, 0.4) is 0 Å². The summed E-state index contributed by atoms with van der Waals surface area (Å²) in [4.78, 5) is 49.4. The van der Waals surface area contributed by atoms with Crippen LogP contribution in [-0.4, -0.2) is 125 Å². The number of para-hydroxylation sites is 1. The number of hydrogen-bond acceptors (Lipinski definition) is 11. The van der Waals surface area contributed by atoms with Crippen molar-refractivity contribution in [1.29, 1.82) is 0 Å². The highest BCUT2D eigenvalue weighted by Gasteiger charge is 2.91. The van der Waals surface area contributed by atoms with Gasteiger partial charge >= 0.3 is 0 Å². The number of carbonyl (C=O) groups excluding carboxylic acids is 3. The van der Waals surface area contributed by atoms with Crippen LogP contribution in [-0.2, 0) is 16.1 Å². The molecule has 51 heavy (non-hydrogen) atoms. The molecule has 3 aromatic rings. The summed E-state index contributed by atoms with van der Waals surface area (Å²) >= 11 is 0. The van der Waals surface area contributed by atoms with E-state index in [4.69, 9.17) is 0 Å². The van der Waals surface area contributed by atoms with Crippen LogP contribution in [0.15, 0.2) is 48.5 Å². The first-order valence-corrected chi connectivity index (χ1v) is 18.5. The maximum Gasteiger partial charge on any atom is 0.255 e. The van der Waals surface area contributed by atoms with Gasteiger partial charge in [0.15, 0.2) is 5.82 Å². The van der Waals surface area contributed by atoms with Crippen LogP contribution in [0, 0.1) is 23.2 Å². The van der Waals surface area contributed by atoms with Crippen LogP contribution < -0.4 is 20.4 Å². The van der Waals surface area contributed by atoms with Crippen molar-refractivity contribution in [3.63, 3.8) is 0 Å². The fraction of sp³-hybridized carbons (Fsp3) is 0.500. The van der Waals surface area contributed by atoms with Gasteiger partial charge in [0.05, 0.1) is 17.4 Å². The van der Waals surface area contributed by atoms with Gasteiger partial charge in [-0.1, -0.05) is 18.2 Å². The summed E-state index contributed by atoms with van der Waals surface area (Å²) in [7, 11) is 0. The number of aromatic nitrogens is 2. The van der Waals surface area contributed by atoms with Crippen molar-refractivity contribution in [2.24, 2.45) is 23.2 Å². The van der Waals surface area contributed by atoms with E-state index in [0.29, 0.717) is 47.2 Å². The van der Waals surface area contributed by atoms with Crippen LogP contribution in [0.25, 0.3) is 11.3 Å². The number of nitrogens with one attached hydrogen (secondary N) is 2. The molecule has 6 atom stereocenters. The van der Waals surface area contributed by atoms with Crippen LogP contribution in [0.1, 0.15) is 28.8 Å². The molecule has 8 heterocycles. The molecule has 262 valence electrons. The molecule has 13 heteroatoms. The number of piperidine rings is 2. The smallest absolute Gasteiger partial charge is 0.255 e. The van der Waals surface area contributed by atoms with Crippen LogP contribution in [0.4, 0.5) is 17.2 Å². The van der Waals surface area contributed by atoms with Crippen molar-refractivity contribution in [2.45, 2.75) is 37.5 Å². The molecular formula is C38H41N9O4. The summed E-state index contributed by atoms with van der Waals surface area (Å²) < 4.78 is 0. The number of imide groups is 1. The zero-order valence-corrected chi connectivity index (χ0v) is 28.4. The Morgan fingerprint density at radius 3 is 2.67 bits per heavy atom. The Morgan fingerprint density at radius 1 is 0.941 bits per heavy atom. The third-order valence-corrected chi connectivity index (χ3v) is 13.4. The Bertz CT molecular complexity index is 2010. The average molecular weight is 688 g/mol. The normalized spacial score (nSPS) is 32.1. The molecule has 0 radical (unpaired) electrons. The maximum atomic E-state index is 13.3. The monoisotopic (exact) mass is 687 g/mol. The molecule has 13 nitrogen and oxygen atoms in total. The molecule has 5 saturated heterocycles. The number of piperazine rings is 1. The molecule has 2 unspecified atom stereocenters. The van der Waals surface area contributed by atoms with Gasteiger partial charge in [-0.3, -0.25) is 29.5 Å². The van der Waals surface area contributed by atoms with E-state index < -0.39 is 6.04 Å². The van der Waals surface area contributed by atoms with Gasteiger partial charge in [-0.25, -0.2) is 0 Å². The van der Waals surface area contributed by atoms with E-state index in [9.17, 15) is 19.5 Å². The zero-order valence-electron chi connectivity index (χ0n) is 28.4. The van der Waals surface area contributed by atoms with Crippen LogP contribution in [0.2, 0.25) is 0 Å². The first-order valence-electron chi connectivity index (χ1n) is 18.5. The number of carbonyl (C=O) groups is 3. The minimum Gasteiger partial charge on any atom is -0.507 e. The second-order valence-corrected chi connectivity index (χ2v) is 16.1. The van der Waals surface area contributed by atoms with Gasteiger partial charge < -0.3 is 25.1 Å². The fourth-order valence-corrected chi connectivity index (χ4v) is 10.8. The first kappa shape index (κ1) is 29.9. The fourth-order valence-electron chi connectivity index (χ4n) is 10.8. The molecule has 2 bridgehead atoms. The number of hydrogen-bond donors (Lipinski definition) is 3. The Balaban J connectivity index is 0.686. The molecule has 2 saturated carbocycles. The SMILES string of the molecule is O=C1CCC(N2Cc3ccc(N4CC(CN5C[C@H]6[C@H]7C5[C@@]76CN5CCN6c7cc(-c8ccccc8O)nnc7NC[C@H]6C5)C4)cc3C2=O)C(=O)N1. The second kappa shape index (κ2) is 10.6. The van der Waals surface area contributed by atoms with Gasteiger partial charge in [0, 0.05) is 106 Å². The number of benzene rings is 2. The summed E-state index contributed by atoms with van der Waals surface area (Å²) in [6, 6.07) is 16.1. The van der Waals surface area contributed by atoms with Gasteiger partial charge in [-0.05, 0) is 54.2 Å². The molecule has 2 aliphatic carbocycles. The van der Waals surface area contributed by atoms with Gasteiger partial charge in [0.25, 0.3) is 5.91 Å². The lowest BCUT2D eigenvalue weighted by Crippen LogP contribution is -2.58. The van der Waals surface area contributed by atoms with Crippen LogP contribution in [0.5, 0.6) is 5.75 Å². The lowest BCUT2D eigenvalue weighted by molar-refractivity contribution is -0.136. The minimum absolute atomic E-state index is 0.109. The molecule has 0 spiro atoms. The minimum atomic E-state index is -0.580. The van der Waals surface area contributed by atoms with Gasteiger partial charge in [0.2, 0.25) is 11.8 Å². The first-order chi connectivity index (χ1) is 24.9. The number of anilines is 3. The van der Waals surface area contributed by atoms with Crippen molar-refractivity contribution in [2.75, 3.05) is 74.0 Å². The molecule has 3 N–H and O–H groups in total. The van der Waals surface area contributed by atoms with E-state index in [-0.39, 0.29) is 29.9 Å². The molecular weight excluding hydrogens is 646 g/mol. The van der Waals surface area contributed by atoms with Crippen molar-refractivity contribution in [3.05, 3.63) is 59.7 Å². The summed E-state index contributed by atoms with van der Waals surface area (Å²) in [5, 5.41) is 25.2. The molecule has 12 rings (SSSR count). The molecule has 9 aliphatic rings. The second-order valence-electron chi connectivity index (χ2n) is 16.1. The average Bonchev–Trinajstić information content (AvgIpc) is 3.71. The molecule has 3 amide bonds. The van der Waals surface area contributed by atoms with Gasteiger partial charge in [-0.15, -0.1) is 10.2 Å². The third kappa shape index (κ3) is 4.43. The van der Waals surface area contributed by atoms with Gasteiger partial charge in [0.1, 0.15) is 11.8 Å². The number of fused-ring (bicyclic) bond motifs is 5. The van der Waals surface area contributed by atoms with Crippen molar-refractivity contribution in [1.82, 2.24) is 30.2 Å². The van der Waals surface area contributed by atoms with Gasteiger partial charge in [-0.2, -0.15) is 0 Å². The molecule has 2 aromatic carbocycles. The van der Waals surface area contributed by atoms with E-state index in [1.54, 1.807) is 11.0 Å². The number of rotatable bonds is 7. The summed E-state index contributed by atoms with van der Waals surface area (Å²) in [5.41, 5.74) is 5.70. The Kier molecular flexibility index (Phi) is 6.24. The highest BCUT2D eigenvalue weighted by Crippen LogP contribution is 2.85. The van der Waals surface area contributed by atoms with Crippen molar-refractivity contribution < 1.29 is 19.5 Å². The molecule has 7 fully saturated rings. The highest BCUT2D eigenvalue weighted by atomic mass is 16.3. The van der Waals surface area contributed by atoms with Crippen molar-refractivity contribution >= 4 is 34.9 Å². The van der Waals surface area contributed by atoms with E-state index >= 15 is 0 Å². The Morgan fingerprint density at radius 2 is 1.82 bits per heavy atom. The van der Waals surface area contributed by atoms with E-state index in [2.05, 4.69) is 52.6 Å². The quantitative estimate of drug-likeness (QED) is 0.313. The topological polar surface area (TPSA) is 137 Å². The van der Waals surface area contributed by atoms with E-state index in [1.165, 1.54) is 13.1 Å². The number of amides is 3. The highest BCUT2D eigenvalue weighted by molar-refractivity contribution is 6.05. The number of nitrogens with zero attached hydrogens (tertiary/aromatic N) is 7. The zero-order chi connectivity index (χ0) is 34.2. The predicted molar refractivity (Wildman–Crippen MR) is 188 cm³/mol. The Hall–Kier alpha value is -4.75. The maximum absolute atomic E-state index is 13.3. The van der Waals surface area contributed by atoms with Crippen LogP contribution >= 0.6 is 0 Å². The number of aromatic hydroxyl groups is 1. The summed E-state index contributed by atoms with van der Waals surface area (Å²) in [6.07, 6.45) is 0.650. The van der Waals surface area contributed by atoms with E-state index in [0.717, 1.165) is 86.4 Å². The summed E-state index contributed by atoms with van der Waals surface area (Å²) in [5.74, 6) is 2.67. The van der Waals surface area contributed by atoms with Crippen molar-refractivity contribution in [3.8, 4) is 17.0 Å². The standard InChI is InChI=1S/C38H41N9O4/c48-31-4-2-1-3-25(31)28-12-30-35(42-41-28)39-13-24-18-43(9-10-46(24)30)20-38-27-19-45(34(38)33(27)38)16-21-14-44(15-21)23-6-5-22-17-47(37(51)26(22)11-23)29-7-8-32(49)40-36(29)50/h1-6,11-12,21,24,27,29,33-34,48H,7-10,13-20H2,(H,39,42)(H,40,49,50)/t24-,27-,29?,33-,34?,38+/m0/s1. The summed E-state index contributed by atoms with van der Waals surface area (Å²) in [6.45, 7) is 9.93. The lowest BCUT2D eigenvalue weighted by atomic mass is 9.97.